The molecule has 2 amide bonds. The summed E-state index contributed by atoms with van der Waals surface area (Å²) in [7, 11) is 0. The van der Waals surface area contributed by atoms with E-state index < -0.39 is 6.03 Å². The van der Waals surface area contributed by atoms with E-state index in [1.54, 1.807) is 5.38 Å². The van der Waals surface area contributed by atoms with E-state index in [2.05, 4.69) is 26.2 Å². The topological polar surface area (TPSA) is 68.0 Å². The molecule has 0 aliphatic carbocycles. The highest BCUT2D eigenvalue weighted by atomic mass is 79.9. The van der Waals surface area contributed by atoms with E-state index in [4.69, 9.17) is 5.73 Å². The molecule has 54 valence electrons. The van der Waals surface area contributed by atoms with Gasteiger partial charge in [0.25, 0.3) is 0 Å². The molecular weight excluding hydrogens is 218 g/mol. The minimum absolute atomic E-state index is 0.476. The fraction of sp³-hybridized carbons (Fsp3) is 0. The zero-order chi connectivity index (χ0) is 7.56. The first kappa shape index (κ1) is 7.49. The molecule has 10 heavy (non-hydrogen) atoms. The Kier molecular flexibility index (Phi) is 2.23. The number of hydrogen-bond acceptors (Lipinski definition) is 3. The molecule has 0 aromatic carbocycles. The van der Waals surface area contributed by atoms with Gasteiger partial charge in [-0.15, -0.1) is 11.3 Å². The van der Waals surface area contributed by atoms with Crippen LogP contribution in [0.5, 0.6) is 0 Å². The summed E-state index contributed by atoms with van der Waals surface area (Å²) in [5.74, 6) is 0.476. The second-order valence-electron chi connectivity index (χ2n) is 1.47. The van der Waals surface area contributed by atoms with E-state index in [0.717, 1.165) is 3.92 Å². The average Bonchev–Trinajstić information content (AvgIpc) is 2.13. The minimum Gasteiger partial charge on any atom is -0.351 e. The third-order valence-electron chi connectivity index (χ3n) is 0.727. The number of urea groups is 1. The Morgan fingerprint density at radius 3 is 3.00 bits per heavy atom. The molecule has 0 aliphatic heterocycles. The number of carbonyl (C=O) groups excluding carboxylic acids is 1. The van der Waals surface area contributed by atoms with Crippen molar-refractivity contribution in [2.45, 2.75) is 0 Å². The number of thiazole rings is 1. The van der Waals surface area contributed by atoms with Crippen molar-refractivity contribution in [1.29, 1.82) is 0 Å². The van der Waals surface area contributed by atoms with Crippen LogP contribution < -0.4 is 11.1 Å². The summed E-state index contributed by atoms with van der Waals surface area (Å²) < 4.78 is 0.719. The number of aromatic nitrogens is 1. The Labute approximate surface area is 69.6 Å². The van der Waals surface area contributed by atoms with Crippen LogP contribution >= 0.6 is 27.3 Å². The average molecular weight is 222 g/mol. The Hall–Kier alpha value is -0.620. The van der Waals surface area contributed by atoms with E-state index in [0.29, 0.717) is 5.82 Å². The smallest absolute Gasteiger partial charge is 0.317 e. The number of anilines is 1. The summed E-state index contributed by atoms with van der Waals surface area (Å²) >= 11 is 4.52. The molecule has 3 N–H and O–H groups in total. The minimum atomic E-state index is -0.599. The summed E-state index contributed by atoms with van der Waals surface area (Å²) in [5.41, 5.74) is 4.83. The first-order valence-electron chi connectivity index (χ1n) is 2.36. The van der Waals surface area contributed by atoms with Gasteiger partial charge in [-0.25, -0.2) is 9.78 Å². The van der Waals surface area contributed by atoms with Gasteiger partial charge in [0, 0.05) is 5.38 Å². The van der Waals surface area contributed by atoms with Crippen molar-refractivity contribution in [2.75, 3.05) is 5.32 Å². The lowest BCUT2D eigenvalue weighted by molar-refractivity contribution is 0.259. The molecule has 0 spiro atoms. The zero-order valence-corrected chi connectivity index (χ0v) is 7.20. The molecule has 0 saturated heterocycles. The van der Waals surface area contributed by atoms with E-state index in [1.165, 1.54) is 11.3 Å². The van der Waals surface area contributed by atoms with Crippen LogP contribution in [0.25, 0.3) is 0 Å². The lowest BCUT2D eigenvalue weighted by Crippen LogP contribution is -2.19. The van der Waals surface area contributed by atoms with Crippen molar-refractivity contribution in [3.63, 3.8) is 0 Å². The molecule has 0 unspecified atom stereocenters. The molecule has 0 fully saturated rings. The number of carbonyl (C=O) groups is 1. The zero-order valence-electron chi connectivity index (χ0n) is 4.80. The van der Waals surface area contributed by atoms with Gasteiger partial charge in [-0.1, -0.05) is 0 Å². The Morgan fingerprint density at radius 1 is 1.90 bits per heavy atom. The number of halogens is 1. The predicted octanol–water partition coefficient (Wildman–Crippen LogP) is 1.40. The number of nitrogens with zero attached hydrogens (tertiary/aromatic N) is 1. The van der Waals surface area contributed by atoms with Gasteiger partial charge in [-0.2, -0.15) is 0 Å². The summed E-state index contributed by atoms with van der Waals surface area (Å²) in [4.78, 5) is 14.1. The van der Waals surface area contributed by atoms with Crippen molar-refractivity contribution < 1.29 is 4.79 Å². The van der Waals surface area contributed by atoms with Crippen LogP contribution in [-0.2, 0) is 0 Å². The van der Waals surface area contributed by atoms with Gasteiger partial charge in [0.05, 0.1) is 0 Å². The van der Waals surface area contributed by atoms with Crippen molar-refractivity contribution in [2.24, 2.45) is 5.73 Å². The monoisotopic (exact) mass is 221 g/mol. The first-order chi connectivity index (χ1) is 4.68. The Morgan fingerprint density at radius 2 is 2.60 bits per heavy atom. The molecule has 0 saturated carbocycles. The Balaban J connectivity index is 2.67. The van der Waals surface area contributed by atoms with E-state index in [1.807, 2.05) is 0 Å². The van der Waals surface area contributed by atoms with Crippen molar-refractivity contribution >= 4 is 39.1 Å². The van der Waals surface area contributed by atoms with Gasteiger partial charge in [-0.3, -0.25) is 5.32 Å². The highest BCUT2D eigenvalue weighted by Crippen LogP contribution is 2.18. The third kappa shape index (κ3) is 1.96. The van der Waals surface area contributed by atoms with Crippen LogP contribution in [0.3, 0.4) is 0 Å². The maximum Gasteiger partial charge on any atom is 0.317 e. The van der Waals surface area contributed by atoms with E-state index in [9.17, 15) is 4.79 Å². The summed E-state index contributed by atoms with van der Waals surface area (Å²) in [6.45, 7) is 0. The normalized spacial score (nSPS) is 9.30. The van der Waals surface area contributed by atoms with Gasteiger partial charge in [0.2, 0.25) is 0 Å². The number of nitrogens with two attached hydrogens (primary N) is 1. The molecule has 4 nitrogen and oxygen atoms in total. The number of primary amides is 1. The molecular formula is C4H4BrN3OS. The lowest BCUT2D eigenvalue weighted by Gasteiger charge is -1.91. The summed E-state index contributed by atoms with van der Waals surface area (Å²) in [5, 5.41) is 4.02. The second-order valence-corrected chi connectivity index (χ2v) is 3.61. The lowest BCUT2D eigenvalue weighted by atomic mass is 10.8. The van der Waals surface area contributed by atoms with E-state index in [-0.39, 0.29) is 0 Å². The molecule has 1 heterocycles. The molecule has 0 atom stereocenters. The molecule has 6 heteroatoms. The molecule has 0 radical (unpaired) electrons. The van der Waals surface area contributed by atoms with Crippen LogP contribution in [0.1, 0.15) is 0 Å². The molecule has 0 aliphatic rings. The van der Waals surface area contributed by atoms with Crippen LogP contribution in [-0.4, -0.2) is 11.0 Å². The van der Waals surface area contributed by atoms with Gasteiger partial charge in [0.15, 0.2) is 3.92 Å². The third-order valence-corrected chi connectivity index (χ3v) is 2.09. The summed E-state index contributed by atoms with van der Waals surface area (Å²) in [6, 6.07) is -0.599. The van der Waals surface area contributed by atoms with Crippen LogP contribution in [0.15, 0.2) is 9.30 Å². The fourth-order valence-electron chi connectivity index (χ4n) is 0.435. The number of hydrogen-bond donors (Lipinski definition) is 2. The standard InChI is InChI=1S/C4H4BrN3OS/c5-3-7-2(1-10-3)8-4(6)9/h1H,(H3,6,8,9). The second kappa shape index (κ2) is 2.98. The first-order valence-corrected chi connectivity index (χ1v) is 4.03. The van der Waals surface area contributed by atoms with Crippen molar-refractivity contribution in [1.82, 2.24) is 4.98 Å². The maximum atomic E-state index is 10.2. The van der Waals surface area contributed by atoms with Gasteiger partial charge < -0.3 is 5.73 Å². The van der Waals surface area contributed by atoms with Crippen LogP contribution in [0, 0.1) is 0 Å². The largest absolute Gasteiger partial charge is 0.351 e. The molecule has 1 aromatic heterocycles. The fourth-order valence-corrected chi connectivity index (χ4v) is 1.38. The predicted molar refractivity (Wildman–Crippen MR) is 43.0 cm³/mol. The number of rotatable bonds is 1. The van der Waals surface area contributed by atoms with Gasteiger partial charge in [0.1, 0.15) is 5.82 Å². The number of amides is 2. The van der Waals surface area contributed by atoms with Crippen LogP contribution in [0.2, 0.25) is 0 Å². The molecule has 1 aromatic rings. The highest BCUT2D eigenvalue weighted by molar-refractivity contribution is 9.11. The SMILES string of the molecule is NC(=O)Nc1csc(Br)n1. The quantitative estimate of drug-likeness (QED) is 0.753. The van der Waals surface area contributed by atoms with Crippen molar-refractivity contribution in [3.05, 3.63) is 9.30 Å². The number of nitrogens with one attached hydrogen (secondary N) is 1. The molecule has 0 bridgehead atoms. The molecule has 1 rings (SSSR count). The maximum absolute atomic E-state index is 10.2. The van der Waals surface area contributed by atoms with Gasteiger partial charge >= 0.3 is 6.03 Å². The van der Waals surface area contributed by atoms with E-state index >= 15 is 0 Å². The summed E-state index contributed by atoms with van der Waals surface area (Å²) in [6.07, 6.45) is 0. The van der Waals surface area contributed by atoms with Crippen molar-refractivity contribution in [3.8, 4) is 0 Å². The highest BCUT2D eigenvalue weighted by Gasteiger charge is 1.99. The van der Waals surface area contributed by atoms with Crippen LogP contribution in [0.4, 0.5) is 10.6 Å². The van der Waals surface area contributed by atoms with Gasteiger partial charge in [-0.05, 0) is 15.9 Å². The Bertz CT molecular complexity index is 248.